The van der Waals surface area contributed by atoms with Crippen LogP contribution < -0.4 is 14.8 Å². The number of rotatable bonds is 2. The highest BCUT2D eigenvalue weighted by Crippen LogP contribution is 2.39. The van der Waals surface area contributed by atoms with Crippen molar-refractivity contribution in [3.63, 3.8) is 0 Å². The van der Waals surface area contributed by atoms with Crippen molar-refractivity contribution in [3.05, 3.63) is 22.7 Å². The first-order valence-electron chi connectivity index (χ1n) is 8.80. The minimum Gasteiger partial charge on any atom is -0.486 e. The van der Waals surface area contributed by atoms with Crippen LogP contribution in [0, 0.1) is 5.41 Å². The van der Waals surface area contributed by atoms with Crippen LogP contribution in [0.4, 0.5) is 0 Å². The zero-order chi connectivity index (χ0) is 17.3. The van der Waals surface area contributed by atoms with Crippen molar-refractivity contribution in [2.24, 2.45) is 10.4 Å². The van der Waals surface area contributed by atoms with Crippen LogP contribution in [0.2, 0.25) is 5.02 Å². The predicted octanol–water partition coefficient (Wildman–Crippen LogP) is 2.92. The fraction of sp³-hybridized carbons (Fsp3) is 0.611. The Balaban J connectivity index is 0.00000196. The summed E-state index contributed by atoms with van der Waals surface area (Å²) in [4.78, 5) is 6.78. The molecule has 0 aromatic heterocycles. The molecule has 3 aliphatic heterocycles. The van der Waals surface area contributed by atoms with E-state index in [9.17, 15) is 0 Å². The van der Waals surface area contributed by atoms with Gasteiger partial charge in [-0.05, 0) is 30.5 Å². The number of hydrogen-bond donors (Lipinski definition) is 1. The quantitative estimate of drug-likeness (QED) is 0.390. The van der Waals surface area contributed by atoms with Gasteiger partial charge in [0.05, 0.1) is 11.6 Å². The van der Waals surface area contributed by atoms with E-state index in [0.29, 0.717) is 41.7 Å². The number of guanidine groups is 1. The second-order valence-corrected chi connectivity index (χ2v) is 7.38. The van der Waals surface area contributed by atoms with Crippen molar-refractivity contribution in [3.8, 4) is 11.5 Å². The molecule has 26 heavy (non-hydrogen) atoms. The zero-order valence-electron chi connectivity index (χ0n) is 14.9. The van der Waals surface area contributed by atoms with Gasteiger partial charge in [-0.1, -0.05) is 11.6 Å². The van der Waals surface area contributed by atoms with E-state index in [-0.39, 0.29) is 24.0 Å². The lowest BCUT2D eigenvalue weighted by molar-refractivity contribution is 0.156. The summed E-state index contributed by atoms with van der Waals surface area (Å²) < 4.78 is 16.8. The van der Waals surface area contributed by atoms with Crippen LogP contribution in [0.3, 0.4) is 0 Å². The first-order valence-corrected chi connectivity index (χ1v) is 9.18. The summed E-state index contributed by atoms with van der Waals surface area (Å²) in [5.41, 5.74) is 1.37. The van der Waals surface area contributed by atoms with E-state index in [2.05, 4.69) is 15.2 Å². The molecule has 0 radical (unpaired) electrons. The first kappa shape index (κ1) is 19.8. The summed E-state index contributed by atoms with van der Waals surface area (Å²) >= 11 is 6.32. The lowest BCUT2D eigenvalue weighted by Gasteiger charge is -2.25. The molecule has 3 heterocycles. The van der Waals surface area contributed by atoms with Gasteiger partial charge in [0.2, 0.25) is 0 Å². The third-order valence-electron chi connectivity index (χ3n) is 5.24. The van der Waals surface area contributed by atoms with Crippen LogP contribution in [0.1, 0.15) is 18.4 Å². The number of likely N-dealkylation sites (tertiary alicyclic amines) is 1. The van der Waals surface area contributed by atoms with Gasteiger partial charge in [0.25, 0.3) is 0 Å². The van der Waals surface area contributed by atoms with E-state index in [1.165, 1.54) is 6.42 Å². The summed E-state index contributed by atoms with van der Waals surface area (Å²) in [7, 11) is 1.83. The van der Waals surface area contributed by atoms with Gasteiger partial charge in [-0.15, -0.1) is 24.0 Å². The first-order chi connectivity index (χ1) is 12.2. The molecule has 1 atom stereocenters. The number of benzene rings is 1. The average molecular weight is 494 g/mol. The molecule has 0 saturated carbocycles. The lowest BCUT2D eigenvalue weighted by Crippen LogP contribution is -2.41. The molecule has 6 nitrogen and oxygen atoms in total. The van der Waals surface area contributed by atoms with Crippen LogP contribution in [-0.4, -0.2) is 57.4 Å². The molecule has 0 amide bonds. The minimum absolute atomic E-state index is 0. The number of ether oxygens (including phenoxy) is 3. The van der Waals surface area contributed by atoms with Crippen LogP contribution in [0.15, 0.2) is 17.1 Å². The summed E-state index contributed by atoms with van der Waals surface area (Å²) in [5.74, 6) is 2.28. The Bertz CT molecular complexity index is 680. The largest absolute Gasteiger partial charge is 0.486 e. The molecule has 1 N–H and O–H groups in total. The van der Waals surface area contributed by atoms with Crippen molar-refractivity contribution in [1.29, 1.82) is 0 Å². The number of halogens is 2. The second kappa shape index (κ2) is 8.39. The van der Waals surface area contributed by atoms with E-state index in [1.54, 1.807) is 0 Å². The number of aliphatic imine (C=N–C) groups is 1. The molecule has 3 aliphatic rings. The van der Waals surface area contributed by atoms with Gasteiger partial charge < -0.3 is 24.4 Å². The van der Waals surface area contributed by atoms with Crippen molar-refractivity contribution >= 4 is 41.5 Å². The summed E-state index contributed by atoms with van der Waals surface area (Å²) in [5, 5.41) is 4.04. The molecular formula is C18H25ClIN3O3. The maximum atomic E-state index is 6.32. The maximum Gasteiger partial charge on any atom is 0.193 e. The molecule has 1 unspecified atom stereocenters. The summed E-state index contributed by atoms with van der Waals surface area (Å²) in [6.45, 7) is 5.52. The number of hydrogen-bond acceptors (Lipinski definition) is 4. The van der Waals surface area contributed by atoms with Gasteiger partial charge in [-0.3, -0.25) is 4.99 Å². The molecule has 1 aromatic carbocycles. The Morgan fingerprint density at radius 3 is 2.88 bits per heavy atom. The van der Waals surface area contributed by atoms with Gasteiger partial charge in [-0.2, -0.15) is 0 Å². The summed E-state index contributed by atoms with van der Waals surface area (Å²) in [6.07, 6.45) is 2.32. The molecule has 4 rings (SSSR count). The third-order valence-corrected chi connectivity index (χ3v) is 5.52. The van der Waals surface area contributed by atoms with Crippen LogP contribution in [0.5, 0.6) is 11.5 Å². The molecular weight excluding hydrogens is 469 g/mol. The number of fused-ring (bicyclic) bond motifs is 1. The number of nitrogens with zero attached hydrogens (tertiary/aromatic N) is 2. The predicted molar refractivity (Wildman–Crippen MR) is 112 cm³/mol. The highest BCUT2D eigenvalue weighted by molar-refractivity contribution is 14.0. The zero-order valence-corrected chi connectivity index (χ0v) is 18.0. The maximum absolute atomic E-state index is 6.32. The molecule has 8 heteroatoms. The smallest absolute Gasteiger partial charge is 0.193 e. The average Bonchev–Trinajstić information content (AvgIpc) is 3.26. The second-order valence-electron chi connectivity index (χ2n) is 6.98. The van der Waals surface area contributed by atoms with Gasteiger partial charge >= 0.3 is 0 Å². The van der Waals surface area contributed by atoms with E-state index in [0.717, 1.165) is 44.2 Å². The Morgan fingerprint density at radius 1 is 1.27 bits per heavy atom. The van der Waals surface area contributed by atoms with Crippen molar-refractivity contribution in [1.82, 2.24) is 10.2 Å². The Labute approximate surface area is 176 Å². The van der Waals surface area contributed by atoms with E-state index in [4.69, 9.17) is 25.8 Å². The van der Waals surface area contributed by atoms with Crippen LogP contribution in [-0.2, 0) is 11.3 Å². The monoisotopic (exact) mass is 493 g/mol. The van der Waals surface area contributed by atoms with E-state index >= 15 is 0 Å². The van der Waals surface area contributed by atoms with Crippen molar-refractivity contribution in [2.75, 3.05) is 46.6 Å². The van der Waals surface area contributed by atoms with Gasteiger partial charge in [0.1, 0.15) is 13.2 Å². The van der Waals surface area contributed by atoms with E-state index < -0.39 is 0 Å². The molecule has 144 valence electrons. The van der Waals surface area contributed by atoms with Crippen molar-refractivity contribution < 1.29 is 14.2 Å². The third kappa shape index (κ3) is 3.99. The van der Waals surface area contributed by atoms with Gasteiger partial charge in [-0.25, -0.2) is 0 Å². The number of nitrogens with one attached hydrogen (secondary N) is 1. The molecule has 2 saturated heterocycles. The highest BCUT2D eigenvalue weighted by atomic mass is 127. The normalized spacial score (nSPS) is 24.7. The van der Waals surface area contributed by atoms with Gasteiger partial charge in [0, 0.05) is 38.7 Å². The SMILES string of the molecule is CN=C(NCc1cc(Cl)c2c(c1)OCCO2)N1CCC2(CCOC2)C1.I. The van der Waals surface area contributed by atoms with Gasteiger partial charge in [0.15, 0.2) is 17.5 Å². The van der Waals surface area contributed by atoms with Crippen molar-refractivity contribution in [2.45, 2.75) is 19.4 Å². The standard InChI is InChI=1S/C18H24ClN3O3.HI/c1-20-17(22-4-2-18(11-22)3-5-23-12-18)21-10-13-8-14(19)16-15(9-13)24-6-7-25-16;/h8-9H,2-7,10-12H2,1H3,(H,20,21);1H. The Kier molecular flexibility index (Phi) is 6.40. The molecule has 0 aliphatic carbocycles. The minimum atomic E-state index is 0. The molecule has 0 bridgehead atoms. The fourth-order valence-electron chi connectivity index (χ4n) is 3.87. The molecule has 1 spiro atoms. The van der Waals surface area contributed by atoms with E-state index in [1.807, 2.05) is 19.2 Å². The Morgan fingerprint density at radius 2 is 2.12 bits per heavy atom. The topological polar surface area (TPSA) is 55.3 Å². The van der Waals surface area contributed by atoms with Crippen LogP contribution >= 0.6 is 35.6 Å². The lowest BCUT2D eigenvalue weighted by atomic mass is 9.87. The molecule has 1 aromatic rings. The van der Waals surface area contributed by atoms with Crippen LogP contribution in [0.25, 0.3) is 0 Å². The summed E-state index contributed by atoms with van der Waals surface area (Å²) in [6, 6.07) is 3.91. The highest BCUT2D eigenvalue weighted by Gasteiger charge is 2.42. The molecule has 2 fully saturated rings. The Hall–Kier alpha value is -0.930. The fourth-order valence-corrected chi connectivity index (χ4v) is 4.15.